The Morgan fingerprint density at radius 3 is 2.81 bits per heavy atom. The molecule has 0 saturated carbocycles. The first-order valence-electron chi connectivity index (χ1n) is 7.26. The van der Waals surface area contributed by atoms with Gasteiger partial charge in [-0.05, 0) is 24.1 Å². The van der Waals surface area contributed by atoms with Gasteiger partial charge in [0.05, 0.1) is 5.56 Å². The lowest BCUT2D eigenvalue weighted by molar-refractivity contribution is 0.0791. The molecule has 21 heavy (non-hydrogen) atoms. The van der Waals surface area contributed by atoms with Gasteiger partial charge in [-0.15, -0.1) is 0 Å². The van der Waals surface area contributed by atoms with Crippen LogP contribution in [0.3, 0.4) is 0 Å². The lowest BCUT2D eigenvalue weighted by Gasteiger charge is -2.18. The van der Waals surface area contributed by atoms with E-state index < -0.39 is 0 Å². The summed E-state index contributed by atoms with van der Waals surface area (Å²) in [6, 6.07) is 14.1. The van der Waals surface area contributed by atoms with Gasteiger partial charge in [-0.2, -0.15) is 0 Å². The second-order valence-electron chi connectivity index (χ2n) is 5.30. The maximum atomic E-state index is 12.6. The van der Waals surface area contributed by atoms with Crippen molar-refractivity contribution < 1.29 is 4.79 Å². The molecule has 1 fully saturated rings. The molecule has 1 atom stereocenters. The van der Waals surface area contributed by atoms with E-state index in [9.17, 15) is 4.79 Å². The van der Waals surface area contributed by atoms with Gasteiger partial charge >= 0.3 is 0 Å². The number of anilines is 1. The molecular formula is C17H19N3O. The third-order valence-electron chi connectivity index (χ3n) is 4.02. The highest BCUT2D eigenvalue weighted by molar-refractivity contribution is 5.98. The zero-order chi connectivity index (χ0) is 14.7. The van der Waals surface area contributed by atoms with Gasteiger partial charge in [-0.3, -0.25) is 4.79 Å². The van der Waals surface area contributed by atoms with Crippen molar-refractivity contribution in [3.05, 3.63) is 59.8 Å². The molecule has 0 spiro atoms. The van der Waals surface area contributed by atoms with Crippen LogP contribution in [0.2, 0.25) is 0 Å². The SMILES string of the molecule is CNc1ncccc1C(=O)N1CCC(c2ccccc2)C1. The number of rotatable bonds is 3. The molecule has 1 unspecified atom stereocenters. The van der Waals surface area contributed by atoms with E-state index in [0.717, 1.165) is 19.5 Å². The minimum absolute atomic E-state index is 0.0610. The highest BCUT2D eigenvalue weighted by atomic mass is 16.2. The van der Waals surface area contributed by atoms with E-state index in [2.05, 4.69) is 34.6 Å². The fourth-order valence-electron chi connectivity index (χ4n) is 2.89. The molecule has 1 saturated heterocycles. The van der Waals surface area contributed by atoms with Gasteiger partial charge in [-0.1, -0.05) is 30.3 Å². The lowest BCUT2D eigenvalue weighted by Crippen LogP contribution is -2.29. The number of likely N-dealkylation sites (tertiary alicyclic amines) is 1. The van der Waals surface area contributed by atoms with Crippen LogP contribution < -0.4 is 5.32 Å². The molecule has 0 radical (unpaired) electrons. The first-order chi connectivity index (χ1) is 10.3. The van der Waals surface area contributed by atoms with Gasteiger partial charge in [0.25, 0.3) is 5.91 Å². The zero-order valence-electron chi connectivity index (χ0n) is 12.1. The Labute approximate surface area is 124 Å². The number of carbonyl (C=O) groups excluding carboxylic acids is 1. The number of aromatic nitrogens is 1. The van der Waals surface area contributed by atoms with Crippen molar-refractivity contribution >= 4 is 11.7 Å². The molecule has 1 N–H and O–H groups in total. The van der Waals surface area contributed by atoms with Crippen LogP contribution in [0.1, 0.15) is 28.3 Å². The molecule has 108 valence electrons. The Bertz CT molecular complexity index is 627. The first kappa shape index (κ1) is 13.6. The van der Waals surface area contributed by atoms with Crippen molar-refractivity contribution in [3.8, 4) is 0 Å². The highest BCUT2D eigenvalue weighted by Gasteiger charge is 2.28. The summed E-state index contributed by atoms with van der Waals surface area (Å²) in [6.45, 7) is 1.58. The molecule has 1 aliphatic heterocycles. The van der Waals surface area contributed by atoms with E-state index in [1.165, 1.54) is 5.56 Å². The maximum absolute atomic E-state index is 12.6. The van der Waals surface area contributed by atoms with Crippen LogP contribution in [0.4, 0.5) is 5.82 Å². The normalized spacial score (nSPS) is 17.8. The topological polar surface area (TPSA) is 45.2 Å². The second-order valence-corrected chi connectivity index (χ2v) is 5.30. The Morgan fingerprint density at radius 2 is 2.05 bits per heavy atom. The van der Waals surface area contributed by atoms with Crippen LogP contribution in [0.5, 0.6) is 0 Å². The quantitative estimate of drug-likeness (QED) is 0.941. The summed E-state index contributed by atoms with van der Waals surface area (Å²) in [5, 5.41) is 2.98. The summed E-state index contributed by atoms with van der Waals surface area (Å²) in [6.07, 6.45) is 2.71. The molecule has 4 nitrogen and oxygen atoms in total. The Kier molecular flexibility index (Phi) is 3.86. The Hall–Kier alpha value is -2.36. The first-order valence-corrected chi connectivity index (χ1v) is 7.26. The van der Waals surface area contributed by atoms with E-state index in [1.807, 2.05) is 17.0 Å². The molecule has 1 amide bonds. The number of nitrogens with zero attached hydrogens (tertiary/aromatic N) is 2. The average molecular weight is 281 g/mol. The van der Waals surface area contributed by atoms with E-state index in [4.69, 9.17) is 0 Å². The molecule has 0 bridgehead atoms. The van der Waals surface area contributed by atoms with Crippen molar-refractivity contribution in [2.75, 3.05) is 25.5 Å². The van der Waals surface area contributed by atoms with Gasteiger partial charge < -0.3 is 10.2 Å². The van der Waals surface area contributed by atoms with Crippen molar-refractivity contribution in [1.29, 1.82) is 0 Å². The van der Waals surface area contributed by atoms with Gasteiger partial charge in [0.15, 0.2) is 0 Å². The van der Waals surface area contributed by atoms with Gasteiger partial charge in [0.1, 0.15) is 5.82 Å². The molecule has 3 rings (SSSR count). The number of pyridine rings is 1. The molecule has 2 aromatic rings. The molecule has 1 aromatic heterocycles. The summed E-state index contributed by atoms with van der Waals surface area (Å²) < 4.78 is 0. The van der Waals surface area contributed by atoms with Crippen molar-refractivity contribution in [3.63, 3.8) is 0 Å². The van der Waals surface area contributed by atoms with Crippen molar-refractivity contribution in [1.82, 2.24) is 9.88 Å². The molecule has 0 aliphatic carbocycles. The number of hydrogen-bond donors (Lipinski definition) is 1. The van der Waals surface area contributed by atoms with Crippen LogP contribution in [0.15, 0.2) is 48.7 Å². The van der Waals surface area contributed by atoms with E-state index in [0.29, 0.717) is 17.3 Å². The summed E-state index contributed by atoms with van der Waals surface area (Å²) in [7, 11) is 1.79. The monoisotopic (exact) mass is 281 g/mol. The molecular weight excluding hydrogens is 262 g/mol. The van der Waals surface area contributed by atoms with Gasteiger partial charge in [0, 0.05) is 32.3 Å². The zero-order valence-corrected chi connectivity index (χ0v) is 12.1. The molecule has 1 aromatic carbocycles. The van der Waals surface area contributed by atoms with Gasteiger partial charge in [0.2, 0.25) is 0 Å². The smallest absolute Gasteiger partial charge is 0.257 e. The summed E-state index contributed by atoms with van der Waals surface area (Å²) >= 11 is 0. The number of hydrogen-bond acceptors (Lipinski definition) is 3. The number of nitrogens with one attached hydrogen (secondary N) is 1. The van der Waals surface area contributed by atoms with Crippen LogP contribution in [0, 0.1) is 0 Å². The minimum Gasteiger partial charge on any atom is -0.372 e. The van der Waals surface area contributed by atoms with E-state index in [1.54, 1.807) is 19.3 Å². The third-order valence-corrected chi connectivity index (χ3v) is 4.02. The average Bonchev–Trinajstić information content (AvgIpc) is 3.05. The van der Waals surface area contributed by atoms with Crippen LogP contribution in [0.25, 0.3) is 0 Å². The van der Waals surface area contributed by atoms with Gasteiger partial charge in [-0.25, -0.2) is 4.98 Å². The van der Waals surface area contributed by atoms with E-state index in [-0.39, 0.29) is 5.91 Å². The summed E-state index contributed by atoms with van der Waals surface area (Å²) in [5.41, 5.74) is 1.96. The van der Waals surface area contributed by atoms with Crippen molar-refractivity contribution in [2.24, 2.45) is 0 Å². The Balaban J connectivity index is 1.75. The number of benzene rings is 1. The Morgan fingerprint density at radius 1 is 1.24 bits per heavy atom. The highest BCUT2D eigenvalue weighted by Crippen LogP contribution is 2.28. The maximum Gasteiger partial charge on any atom is 0.257 e. The minimum atomic E-state index is 0.0610. The molecule has 4 heteroatoms. The molecule has 2 heterocycles. The van der Waals surface area contributed by atoms with Crippen LogP contribution in [-0.2, 0) is 0 Å². The third kappa shape index (κ3) is 2.75. The standard InChI is InChI=1S/C17H19N3O/c1-18-16-15(8-5-10-19-16)17(21)20-11-9-14(12-20)13-6-3-2-4-7-13/h2-8,10,14H,9,11-12H2,1H3,(H,18,19). The lowest BCUT2D eigenvalue weighted by atomic mass is 9.99. The molecule has 1 aliphatic rings. The van der Waals surface area contributed by atoms with Crippen LogP contribution >= 0.6 is 0 Å². The number of amides is 1. The van der Waals surface area contributed by atoms with Crippen molar-refractivity contribution in [2.45, 2.75) is 12.3 Å². The predicted octanol–water partition coefficient (Wildman–Crippen LogP) is 2.75. The largest absolute Gasteiger partial charge is 0.372 e. The second kappa shape index (κ2) is 5.95. The summed E-state index contributed by atoms with van der Waals surface area (Å²) in [4.78, 5) is 18.8. The predicted molar refractivity (Wildman–Crippen MR) is 83.5 cm³/mol. The van der Waals surface area contributed by atoms with Crippen LogP contribution in [-0.4, -0.2) is 35.9 Å². The fourth-order valence-corrected chi connectivity index (χ4v) is 2.89. The van der Waals surface area contributed by atoms with E-state index >= 15 is 0 Å². The fraction of sp³-hybridized carbons (Fsp3) is 0.294. The summed E-state index contributed by atoms with van der Waals surface area (Å²) in [5.74, 6) is 1.14. The number of carbonyl (C=O) groups is 1.